The zero-order valence-corrected chi connectivity index (χ0v) is 17.9. The summed E-state index contributed by atoms with van der Waals surface area (Å²) < 4.78 is 18.9. The lowest BCUT2D eigenvalue weighted by Gasteiger charge is -2.17. The van der Waals surface area contributed by atoms with Crippen molar-refractivity contribution in [2.24, 2.45) is 5.73 Å². The minimum absolute atomic E-state index is 0.316. The molecule has 0 aliphatic carbocycles. The van der Waals surface area contributed by atoms with E-state index in [4.69, 9.17) is 5.73 Å². The van der Waals surface area contributed by atoms with E-state index in [0.717, 1.165) is 46.9 Å². The van der Waals surface area contributed by atoms with Gasteiger partial charge >= 0.3 is 0 Å². The molecule has 2 aromatic heterocycles. The SMILES string of the molecule is CCCc1ccc(-c2ccc(-n3ccnc3C)c(F)c2)n1-c1ccc(C(N)=O)cc1C. The van der Waals surface area contributed by atoms with Crippen LogP contribution in [0.1, 0.15) is 40.8 Å². The Morgan fingerprint density at radius 3 is 2.45 bits per heavy atom. The summed E-state index contributed by atoms with van der Waals surface area (Å²) in [7, 11) is 0. The van der Waals surface area contributed by atoms with Crippen molar-refractivity contribution in [1.82, 2.24) is 14.1 Å². The minimum Gasteiger partial charge on any atom is -0.366 e. The highest BCUT2D eigenvalue weighted by atomic mass is 19.1. The molecule has 0 saturated carbocycles. The van der Waals surface area contributed by atoms with Crippen LogP contribution in [0, 0.1) is 19.7 Å². The third-order valence-corrected chi connectivity index (χ3v) is 5.52. The van der Waals surface area contributed by atoms with Gasteiger partial charge in [0.15, 0.2) is 0 Å². The number of nitrogens with two attached hydrogens (primary N) is 1. The third kappa shape index (κ3) is 3.77. The second-order valence-corrected chi connectivity index (χ2v) is 7.67. The van der Waals surface area contributed by atoms with Crippen LogP contribution in [0.2, 0.25) is 0 Å². The van der Waals surface area contributed by atoms with Crippen LogP contribution in [0.5, 0.6) is 0 Å². The van der Waals surface area contributed by atoms with Gasteiger partial charge in [0.1, 0.15) is 11.6 Å². The van der Waals surface area contributed by atoms with Crippen molar-refractivity contribution in [3.8, 4) is 22.6 Å². The molecule has 4 aromatic rings. The zero-order chi connectivity index (χ0) is 22.1. The van der Waals surface area contributed by atoms with Crippen LogP contribution in [0.3, 0.4) is 0 Å². The summed E-state index contributed by atoms with van der Waals surface area (Å²) in [5.74, 6) is -0.0433. The van der Waals surface area contributed by atoms with Crippen molar-refractivity contribution in [2.45, 2.75) is 33.6 Å². The fraction of sp³-hybridized carbons (Fsp3) is 0.200. The predicted molar refractivity (Wildman–Crippen MR) is 120 cm³/mol. The van der Waals surface area contributed by atoms with Gasteiger partial charge in [0.25, 0.3) is 0 Å². The lowest BCUT2D eigenvalue weighted by atomic mass is 10.1. The summed E-state index contributed by atoms with van der Waals surface area (Å²) in [5.41, 5.74) is 11.0. The number of primary amides is 1. The van der Waals surface area contributed by atoms with Crippen LogP contribution < -0.4 is 5.73 Å². The van der Waals surface area contributed by atoms with Crippen molar-refractivity contribution >= 4 is 5.91 Å². The highest BCUT2D eigenvalue weighted by Crippen LogP contribution is 2.31. The van der Waals surface area contributed by atoms with Gasteiger partial charge in [0.2, 0.25) is 5.91 Å². The maximum absolute atomic E-state index is 15.1. The normalized spacial score (nSPS) is 11.1. The first-order valence-corrected chi connectivity index (χ1v) is 10.3. The molecule has 5 nitrogen and oxygen atoms in total. The Hall–Kier alpha value is -3.67. The Balaban J connectivity index is 1.85. The molecule has 0 aliphatic heterocycles. The van der Waals surface area contributed by atoms with E-state index in [-0.39, 0.29) is 5.82 Å². The number of hydrogen-bond acceptors (Lipinski definition) is 2. The standard InChI is InChI=1S/C25H25FN4O/c1-4-5-20-8-11-23(30(20)22-9-7-19(25(27)31)14-16(22)2)18-6-10-24(21(26)15-18)29-13-12-28-17(29)3/h6-15H,4-5H2,1-3H3,(H2,27,31). The molecule has 6 heteroatoms. The van der Waals surface area contributed by atoms with Crippen LogP contribution in [0.25, 0.3) is 22.6 Å². The molecule has 4 rings (SSSR count). The van der Waals surface area contributed by atoms with Gasteiger partial charge in [-0.15, -0.1) is 0 Å². The maximum Gasteiger partial charge on any atom is 0.248 e. The van der Waals surface area contributed by atoms with Gasteiger partial charge in [-0.2, -0.15) is 0 Å². The second kappa shape index (κ2) is 8.22. The lowest BCUT2D eigenvalue weighted by Crippen LogP contribution is -2.12. The van der Waals surface area contributed by atoms with E-state index in [2.05, 4.69) is 22.5 Å². The summed E-state index contributed by atoms with van der Waals surface area (Å²) in [4.78, 5) is 15.7. The first kappa shape index (κ1) is 20.6. The van der Waals surface area contributed by atoms with Gasteiger partial charge in [-0.25, -0.2) is 9.37 Å². The molecule has 2 N–H and O–H groups in total. The summed E-state index contributed by atoms with van der Waals surface area (Å²) >= 11 is 0. The molecule has 0 bridgehead atoms. The van der Waals surface area contributed by atoms with E-state index < -0.39 is 5.91 Å². The quantitative estimate of drug-likeness (QED) is 0.473. The fourth-order valence-electron chi connectivity index (χ4n) is 3.99. The fourth-order valence-corrected chi connectivity index (χ4v) is 3.99. The van der Waals surface area contributed by atoms with E-state index in [1.807, 2.05) is 32.0 Å². The van der Waals surface area contributed by atoms with Gasteiger partial charge < -0.3 is 14.9 Å². The molecule has 0 fully saturated rings. The summed E-state index contributed by atoms with van der Waals surface area (Å²) in [6.07, 6.45) is 5.27. The number of nitrogens with zero attached hydrogens (tertiary/aromatic N) is 3. The Morgan fingerprint density at radius 1 is 1.06 bits per heavy atom. The van der Waals surface area contributed by atoms with Crippen molar-refractivity contribution < 1.29 is 9.18 Å². The smallest absolute Gasteiger partial charge is 0.248 e. The number of halogens is 1. The molecular formula is C25H25FN4O. The average molecular weight is 417 g/mol. The first-order chi connectivity index (χ1) is 14.9. The number of rotatable bonds is 6. The molecule has 158 valence electrons. The number of imidazole rings is 1. The van der Waals surface area contributed by atoms with Crippen LogP contribution in [-0.2, 0) is 6.42 Å². The number of benzene rings is 2. The molecule has 0 saturated heterocycles. The van der Waals surface area contributed by atoms with E-state index in [1.54, 1.807) is 41.2 Å². The minimum atomic E-state index is -0.455. The Kier molecular flexibility index (Phi) is 5.46. The van der Waals surface area contributed by atoms with Gasteiger partial charge in [-0.3, -0.25) is 4.79 Å². The number of aryl methyl sites for hydroxylation is 3. The highest BCUT2D eigenvalue weighted by Gasteiger charge is 2.16. The summed E-state index contributed by atoms with van der Waals surface area (Å²) in [6, 6.07) is 14.8. The molecule has 0 radical (unpaired) electrons. The van der Waals surface area contributed by atoms with Crippen LogP contribution in [-0.4, -0.2) is 20.0 Å². The maximum atomic E-state index is 15.1. The van der Waals surface area contributed by atoms with Crippen molar-refractivity contribution in [3.05, 3.63) is 89.4 Å². The largest absolute Gasteiger partial charge is 0.366 e. The van der Waals surface area contributed by atoms with E-state index >= 15 is 4.39 Å². The Bertz CT molecular complexity index is 1270. The number of carbonyl (C=O) groups excluding carboxylic acids is 1. The number of amides is 1. The van der Waals surface area contributed by atoms with Gasteiger partial charge in [-0.05, 0) is 68.3 Å². The number of hydrogen-bond donors (Lipinski definition) is 1. The molecule has 0 spiro atoms. The van der Waals surface area contributed by atoms with E-state index in [9.17, 15) is 4.79 Å². The van der Waals surface area contributed by atoms with Gasteiger partial charge in [0.05, 0.1) is 11.4 Å². The number of carbonyl (C=O) groups is 1. The molecule has 2 aromatic carbocycles. The molecular weight excluding hydrogens is 391 g/mol. The van der Waals surface area contributed by atoms with Crippen LogP contribution >= 0.6 is 0 Å². The Labute approximate surface area is 181 Å². The molecule has 0 aliphatic rings. The van der Waals surface area contributed by atoms with E-state index in [1.165, 1.54) is 0 Å². The van der Waals surface area contributed by atoms with Gasteiger partial charge in [0, 0.05) is 34.9 Å². The highest BCUT2D eigenvalue weighted by molar-refractivity contribution is 5.93. The topological polar surface area (TPSA) is 65.8 Å². The molecule has 31 heavy (non-hydrogen) atoms. The van der Waals surface area contributed by atoms with Crippen molar-refractivity contribution in [2.75, 3.05) is 0 Å². The molecule has 0 unspecified atom stereocenters. The van der Waals surface area contributed by atoms with Crippen LogP contribution in [0.4, 0.5) is 4.39 Å². The number of aromatic nitrogens is 3. The molecule has 2 heterocycles. The zero-order valence-electron chi connectivity index (χ0n) is 17.9. The summed E-state index contributed by atoms with van der Waals surface area (Å²) in [6.45, 7) is 5.92. The molecule has 1 amide bonds. The second-order valence-electron chi connectivity index (χ2n) is 7.67. The first-order valence-electron chi connectivity index (χ1n) is 10.3. The molecule has 0 atom stereocenters. The van der Waals surface area contributed by atoms with Crippen molar-refractivity contribution in [1.29, 1.82) is 0 Å². The van der Waals surface area contributed by atoms with Crippen LogP contribution in [0.15, 0.2) is 60.9 Å². The average Bonchev–Trinajstić information content (AvgIpc) is 3.34. The monoisotopic (exact) mass is 416 g/mol. The third-order valence-electron chi connectivity index (χ3n) is 5.52. The van der Waals surface area contributed by atoms with Gasteiger partial charge in [-0.1, -0.05) is 19.4 Å². The predicted octanol–water partition coefficient (Wildman–Crippen LogP) is 5.14. The van der Waals surface area contributed by atoms with Crippen molar-refractivity contribution in [3.63, 3.8) is 0 Å². The lowest BCUT2D eigenvalue weighted by molar-refractivity contribution is 0.1000. The van der Waals surface area contributed by atoms with E-state index in [0.29, 0.717) is 11.3 Å². The Morgan fingerprint density at radius 2 is 1.84 bits per heavy atom. The summed E-state index contributed by atoms with van der Waals surface area (Å²) in [5, 5.41) is 0.